The summed E-state index contributed by atoms with van der Waals surface area (Å²) in [7, 11) is -3.68. The number of halogens is 1. The Kier molecular flexibility index (Phi) is 10.6. The van der Waals surface area contributed by atoms with Crippen molar-refractivity contribution in [3.05, 3.63) is 81.0 Å². The molecule has 1 aromatic heterocycles. The minimum absolute atomic E-state index is 0.0843. The van der Waals surface area contributed by atoms with E-state index in [1.54, 1.807) is 29.2 Å². The van der Waals surface area contributed by atoms with Gasteiger partial charge < -0.3 is 15.4 Å². The number of rotatable bonds is 13. The number of ether oxygens (including phenoxy) is 1. The van der Waals surface area contributed by atoms with Gasteiger partial charge in [0.15, 0.2) is 0 Å². The summed E-state index contributed by atoms with van der Waals surface area (Å²) >= 11 is 7.75. The third-order valence-corrected chi connectivity index (χ3v) is 7.95. The van der Waals surface area contributed by atoms with Gasteiger partial charge in [-0.1, -0.05) is 36.6 Å². The van der Waals surface area contributed by atoms with Crippen LogP contribution in [0.5, 0.6) is 5.75 Å². The molecule has 0 radical (unpaired) electrons. The van der Waals surface area contributed by atoms with E-state index in [0.717, 1.165) is 23.1 Å². The van der Waals surface area contributed by atoms with Crippen LogP contribution < -0.4 is 15.2 Å². The second-order valence-corrected chi connectivity index (χ2v) is 11.3. The molecule has 196 valence electrons. The zero-order valence-corrected chi connectivity index (χ0v) is 22.9. The molecule has 10 heteroatoms. The number of terminal acetylenes is 1. The van der Waals surface area contributed by atoms with E-state index in [4.69, 9.17) is 28.5 Å². The molecule has 1 atom stereocenters. The van der Waals surface area contributed by atoms with Gasteiger partial charge in [-0.15, -0.1) is 6.42 Å². The average Bonchev–Trinajstić information content (AvgIpc) is 3.44. The summed E-state index contributed by atoms with van der Waals surface area (Å²) in [5, 5.41) is 4.29. The van der Waals surface area contributed by atoms with Crippen molar-refractivity contribution in [1.29, 1.82) is 0 Å². The summed E-state index contributed by atoms with van der Waals surface area (Å²) < 4.78 is 32.8. The number of hydrogen-bond donors (Lipinski definition) is 2. The highest BCUT2D eigenvalue weighted by molar-refractivity contribution is 7.89. The largest absolute Gasteiger partial charge is 0.493 e. The first kappa shape index (κ1) is 28.7. The third kappa shape index (κ3) is 8.06. The van der Waals surface area contributed by atoms with Crippen molar-refractivity contribution in [2.24, 2.45) is 5.73 Å². The van der Waals surface area contributed by atoms with E-state index in [0.29, 0.717) is 30.3 Å². The Bertz CT molecular complexity index is 1320. The number of thiophene rings is 1. The number of hydrogen-bond acceptors (Lipinski definition) is 6. The lowest BCUT2D eigenvalue weighted by molar-refractivity contribution is -0.133. The van der Waals surface area contributed by atoms with Crippen LogP contribution >= 0.6 is 22.9 Å². The zero-order chi connectivity index (χ0) is 26.8. The number of carbonyl (C=O) groups is 1. The Morgan fingerprint density at radius 3 is 2.65 bits per heavy atom. The summed E-state index contributed by atoms with van der Waals surface area (Å²) in [6.45, 7) is 3.10. The van der Waals surface area contributed by atoms with Crippen molar-refractivity contribution in [2.45, 2.75) is 37.2 Å². The Labute approximate surface area is 227 Å². The minimum atomic E-state index is -3.68. The molecule has 0 aliphatic heterocycles. The summed E-state index contributed by atoms with van der Waals surface area (Å²) in [6, 6.07) is 12.9. The lowest BCUT2D eigenvalue weighted by atomic mass is 10.1. The van der Waals surface area contributed by atoms with E-state index in [-0.39, 0.29) is 23.9 Å². The van der Waals surface area contributed by atoms with Crippen LogP contribution in [-0.4, -0.2) is 38.9 Å². The fourth-order valence-electron chi connectivity index (χ4n) is 3.61. The van der Waals surface area contributed by atoms with Crippen LogP contribution in [0.2, 0.25) is 5.02 Å². The van der Waals surface area contributed by atoms with Crippen LogP contribution in [0, 0.1) is 12.3 Å². The maximum absolute atomic E-state index is 13.5. The number of carbonyl (C=O) groups excluding carboxylic acids is 1. The molecule has 37 heavy (non-hydrogen) atoms. The quantitative estimate of drug-likeness (QED) is 0.303. The topological polar surface area (TPSA) is 102 Å². The first-order valence-electron chi connectivity index (χ1n) is 11.7. The van der Waals surface area contributed by atoms with Crippen molar-refractivity contribution in [1.82, 2.24) is 9.62 Å². The first-order chi connectivity index (χ1) is 17.7. The molecule has 0 fully saturated rings. The molecule has 2 aromatic carbocycles. The molecule has 0 saturated carbocycles. The third-order valence-electron chi connectivity index (χ3n) is 5.59. The maximum Gasteiger partial charge on any atom is 0.244 e. The van der Waals surface area contributed by atoms with Crippen molar-refractivity contribution in [2.75, 3.05) is 19.7 Å². The smallest absolute Gasteiger partial charge is 0.244 e. The van der Waals surface area contributed by atoms with Gasteiger partial charge in [-0.25, -0.2) is 8.42 Å². The number of nitrogens with zero attached hydrogens (tertiary/aromatic N) is 1. The van der Waals surface area contributed by atoms with Crippen LogP contribution in [0.15, 0.2) is 64.2 Å². The van der Waals surface area contributed by atoms with Crippen LogP contribution in [0.4, 0.5) is 0 Å². The van der Waals surface area contributed by atoms with E-state index >= 15 is 0 Å². The Morgan fingerprint density at radius 2 is 2.00 bits per heavy atom. The van der Waals surface area contributed by atoms with Crippen molar-refractivity contribution >= 4 is 38.9 Å². The fraction of sp³-hybridized carbons (Fsp3) is 0.296. The highest BCUT2D eigenvalue weighted by Crippen LogP contribution is 2.26. The molecule has 0 saturated heterocycles. The van der Waals surface area contributed by atoms with Gasteiger partial charge in [0.1, 0.15) is 11.8 Å². The monoisotopic (exact) mass is 559 g/mol. The van der Waals surface area contributed by atoms with Gasteiger partial charge in [0, 0.05) is 23.7 Å². The second-order valence-electron chi connectivity index (χ2n) is 8.32. The molecule has 3 N–H and O–H groups in total. The van der Waals surface area contributed by atoms with Gasteiger partial charge in [0.2, 0.25) is 15.9 Å². The predicted molar refractivity (Wildman–Crippen MR) is 148 cm³/mol. The van der Waals surface area contributed by atoms with Gasteiger partial charge in [0.05, 0.1) is 18.0 Å². The average molecular weight is 560 g/mol. The van der Waals surface area contributed by atoms with Crippen LogP contribution in [0.3, 0.4) is 0 Å². The summed E-state index contributed by atoms with van der Waals surface area (Å²) in [5.41, 5.74) is 8.74. The van der Waals surface area contributed by atoms with E-state index in [1.165, 1.54) is 23.5 Å². The maximum atomic E-state index is 13.5. The number of benzene rings is 2. The lowest BCUT2D eigenvalue weighted by Gasteiger charge is -2.27. The number of nitrogens with one attached hydrogen (secondary N) is 1. The van der Waals surface area contributed by atoms with E-state index in [1.807, 2.05) is 29.8 Å². The van der Waals surface area contributed by atoms with Gasteiger partial charge in [-0.2, -0.15) is 16.1 Å². The fourth-order valence-corrected chi connectivity index (χ4v) is 5.43. The molecule has 0 unspecified atom stereocenters. The van der Waals surface area contributed by atoms with Gasteiger partial charge >= 0.3 is 0 Å². The van der Waals surface area contributed by atoms with Crippen LogP contribution in [-0.2, 0) is 27.8 Å². The molecule has 0 spiro atoms. The van der Waals surface area contributed by atoms with Gasteiger partial charge in [-0.3, -0.25) is 4.79 Å². The molecular formula is C27H30ClN3O4S2. The van der Waals surface area contributed by atoms with Crippen molar-refractivity contribution in [3.8, 4) is 18.1 Å². The van der Waals surface area contributed by atoms with E-state index in [2.05, 4.69) is 10.6 Å². The molecule has 3 rings (SSSR count). The summed E-state index contributed by atoms with van der Waals surface area (Å²) in [5.74, 6) is 2.70. The molecule has 3 aromatic rings. The molecule has 0 bridgehead atoms. The molecular weight excluding hydrogens is 530 g/mol. The summed E-state index contributed by atoms with van der Waals surface area (Å²) in [6.07, 6.45) is 6.48. The Morgan fingerprint density at radius 1 is 1.24 bits per heavy atom. The molecule has 0 aliphatic carbocycles. The van der Waals surface area contributed by atoms with Crippen molar-refractivity contribution < 1.29 is 17.9 Å². The Hall–Kier alpha value is -2.87. The second kappa shape index (κ2) is 13.6. The number of sulfonamides is 1. The summed E-state index contributed by atoms with van der Waals surface area (Å²) in [4.78, 5) is 15.3. The van der Waals surface area contributed by atoms with E-state index < -0.39 is 16.1 Å². The Balaban J connectivity index is 1.81. The highest BCUT2D eigenvalue weighted by Gasteiger charge is 2.24. The predicted octanol–water partition coefficient (Wildman–Crippen LogP) is 4.37. The number of nitrogens with two attached hydrogens (primary N) is 1. The molecule has 1 heterocycles. The van der Waals surface area contributed by atoms with E-state index in [9.17, 15) is 13.2 Å². The van der Waals surface area contributed by atoms with Crippen LogP contribution in [0.1, 0.15) is 36.1 Å². The molecule has 0 aliphatic rings. The SMILES string of the molecule is C#CCNS(=O)(=O)c1ccc(CCN(Cc2cc(Cl)ccc2OCCC)C(=O)[C@H](N)c2ccsc2)cc1. The van der Waals surface area contributed by atoms with Crippen molar-refractivity contribution in [3.63, 3.8) is 0 Å². The molecule has 7 nitrogen and oxygen atoms in total. The molecule has 1 amide bonds. The number of amides is 1. The standard InChI is InChI=1S/C27H30ClN3O4S2/c1-3-13-30-37(33,34)24-8-5-20(6-9-24)11-14-31(27(32)26(29)21-12-16-36-19-21)18-22-17-23(28)7-10-25(22)35-15-4-2/h1,5-10,12,16-17,19,26,30H,4,11,13-15,18,29H2,2H3/t26-/m1/s1. The zero-order valence-electron chi connectivity index (χ0n) is 20.5. The first-order valence-corrected chi connectivity index (χ1v) is 14.5. The van der Waals surface area contributed by atoms with Crippen LogP contribution in [0.25, 0.3) is 0 Å². The lowest BCUT2D eigenvalue weighted by Crippen LogP contribution is -2.39. The van der Waals surface area contributed by atoms with Gasteiger partial charge in [-0.05, 0) is 71.1 Å². The van der Waals surface area contributed by atoms with Gasteiger partial charge in [0.25, 0.3) is 0 Å². The minimum Gasteiger partial charge on any atom is -0.493 e. The normalized spacial score (nSPS) is 12.1. The highest BCUT2D eigenvalue weighted by atomic mass is 35.5.